The number of carboxylic acids is 1. The molecule has 0 aliphatic rings. The number of rotatable bonds is 4. The Hall–Kier alpha value is -1.92. The fraction of sp³-hybridized carbons (Fsp3) is 0.125. The lowest BCUT2D eigenvalue weighted by Gasteiger charge is -2.13. The zero-order valence-corrected chi connectivity index (χ0v) is 14.0. The molecule has 0 radical (unpaired) electrons. The number of benzene rings is 2. The summed E-state index contributed by atoms with van der Waals surface area (Å²) in [6.45, 7) is 1.51. The summed E-state index contributed by atoms with van der Waals surface area (Å²) < 4.78 is 7.52. The number of ether oxygens (including phenoxy) is 1. The third-order valence-corrected chi connectivity index (χ3v) is 4.68. The molecular weight excluding hydrogens is 366 g/mol. The van der Waals surface area contributed by atoms with E-state index in [1.54, 1.807) is 17.4 Å². The number of nitrogens with zero attached hydrogens (tertiary/aromatic N) is 1. The van der Waals surface area contributed by atoms with E-state index in [1.165, 1.54) is 6.92 Å². The number of halogens is 1. The van der Waals surface area contributed by atoms with Crippen molar-refractivity contribution in [2.45, 2.75) is 13.0 Å². The number of hydrogen-bond donors (Lipinski definition) is 1. The second-order valence-corrected chi connectivity index (χ2v) is 6.67. The van der Waals surface area contributed by atoms with Crippen molar-refractivity contribution < 1.29 is 14.6 Å². The van der Waals surface area contributed by atoms with Crippen LogP contribution in [0.15, 0.2) is 46.9 Å². The molecule has 0 saturated heterocycles. The van der Waals surface area contributed by atoms with Gasteiger partial charge in [-0.15, -0.1) is 11.3 Å². The third kappa shape index (κ3) is 2.98. The van der Waals surface area contributed by atoms with Crippen molar-refractivity contribution in [1.82, 2.24) is 4.98 Å². The van der Waals surface area contributed by atoms with Crippen molar-refractivity contribution in [2.75, 3.05) is 0 Å². The number of para-hydroxylation sites is 1. The first-order valence-electron chi connectivity index (χ1n) is 6.59. The number of thiazole rings is 1. The van der Waals surface area contributed by atoms with Crippen LogP contribution in [0.4, 0.5) is 0 Å². The van der Waals surface area contributed by atoms with Crippen molar-refractivity contribution in [3.05, 3.63) is 46.9 Å². The number of fused-ring (bicyclic) bond motifs is 1. The molecule has 0 fully saturated rings. The van der Waals surface area contributed by atoms with Crippen LogP contribution in [0.1, 0.15) is 6.92 Å². The molecule has 1 N–H and O–H groups in total. The van der Waals surface area contributed by atoms with E-state index in [0.29, 0.717) is 5.75 Å². The minimum atomic E-state index is -1.00. The van der Waals surface area contributed by atoms with E-state index in [2.05, 4.69) is 20.9 Å². The maximum absolute atomic E-state index is 11.0. The van der Waals surface area contributed by atoms with Gasteiger partial charge >= 0.3 is 5.97 Å². The minimum Gasteiger partial charge on any atom is -0.479 e. The Bertz CT molecular complexity index is 813. The van der Waals surface area contributed by atoms with Crippen molar-refractivity contribution in [2.24, 2.45) is 0 Å². The van der Waals surface area contributed by atoms with Crippen LogP contribution in [-0.4, -0.2) is 22.2 Å². The van der Waals surface area contributed by atoms with Gasteiger partial charge in [0.15, 0.2) is 6.10 Å². The monoisotopic (exact) mass is 377 g/mol. The number of hydrogen-bond acceptors (Lipinski definition) is 4. The van der Waals surface area contributed by atoms with E-state index in [0.717, 1.165) is 25.3 Å². The lowest BCUT2D eigenvalue weighted by atomic mass is 10.2. The van der Waals surface area contributed by atoms with Crippen molar-refractivity contribution in [3.8, 4) is 16.3 Å². The zero-order chi connectivity index (χ0) is 15.7. The summed E-state index contributed by atoms with van der Waals surface area (Å²) in [5, 5.41) is 9.83. The lowest BCUT2D eigenvalue weighted by molar-refractivity contribution is -0.144. The highest BCUT2D eigenvalue weighted by Crippen LogP contribution is 2.37. The molecule has 6 heteroatoms. The molecule has 2 aromatic carbocycles. The summed E-state index contributed by atoms with van der Waals surface area (Å²) in [6, 6.07) is 13.3. The molecule has 0 saturated carbocycles. The summed E-state index contributed by atoms with van der Waals surface area (Å²) in [4.78, 5) is 15.6. The summed E-state index contributed by atoms with van der Waals surface area (Å²) in [7, 11) is 0. The quantitative estimate of drug-likeness (QED) is 0.722. The molecule has 112 valence electrons. The zero-order valence-electron chi connectivity index (χ0n) is 11.6. The SMILES string of the molecule is CC(Oc1ccc(Br)cc1-c1nc2ccccc2s1)C(=O)O. The molecule has 1 aromatic heterocycles. The van der Waals surface area contributed by atoms with Gasteiger partial charge in [0.05, 0.1) is 15.8 Å². The molecule has 4 nitrogen and oxygen atoms in total. The van der Waals surface area contributed by atoms with Crippen LogP contribution in [0, 0.1) is 0 Å². The Morgan fingerprint density at radius 2 is 2.09 bits per heavy atom. The molecule has 0 bridgehead atoms. The summed E-state index contributed by atoms with van der Waals surface area (Å²) in [6.07, 6.45) is -0.922. The fourth-order valence-corrected chi connectivity index (χ4v) is 3.35. The smallest absolute Gasteiger partial charge is 0.344 e. The second-order valence-electron chi connectivity index (χ2n) is 4.73. The molecule has 0 aliphatic carbocycles. The van der Waals surface area contributed by atoms with Crippen molar-refractivity contribution in [1.29, 1.82) is 0 Å². The molecule has 0 aliphatic heterocycles. The first-order chi connectivity index (χ1) is 10.5. The van der Waals surface area contributed by atoms with Crippen LogP contribution in [0.25, 0.3) is 20.8 Å². The van der Waals surface area contributed by atoms with E-state index in [9.17, 15) is 4.79 Å². The first kappa shape index (κ1) is 15.0. The van der Waals surface area contributed by atoms with Gasteiger partial charge in [-0.05, 0) is 37.3 Å². The number of carbonyl (C=O) groups is 1. The van der Waals surface area contributed by atoms with Crippen LogP contribution < -0.4 is 4.74 Å². The van der Waals surface area contributed by atoms with E-state index >= 15 is 0 Å². The number of aliphatic carboxylic acids is 1. The molecular formula is C16H12BrNO3S. The van der Waals surface area contributed by atoms with Crippen LogP contribution in [0.5, 0.6) is 5.75 Å². The van der Waals surface area contributed by atoms with E-state index in [-0.39, 0.29) is 0 Å². The summed E-state index contributed by atoms with van der Waals surface area (Å²) in [5.74, 6) is -0.490. The lowest BCUT2D eigenvalue weighted by Crippen LogP contribution is -2.23. The number of carboxylic acid groups (broad SMARTS) is 1. The minimum absolute atomic E-state index is 0.511. The van der Waals surface area contributed by atoms with Crippen molar-refractivity contribution >= 4 is 43.5 Å². The van der Waals surface area contributed by atoms with Crippen LogP contribution in [0.3, 0.4) is 0 Å². The Morgan fingerprint density at radius 1 is 1.32 bits per heavy atom. The standard InChI is InChI=1S/C16H12BrNO3S/c1-9(16(19)20)21-13-7-6-10(17)8-11(13)15-18-12-4-2-3-5-14(12)22-15/h2-9H,1H3,(H,19,20). The maximum atomic E-state index is 11.0. The summed E-state index contributed by atoms with van der Waals surface area (Å²) >= 11 is 4.99. The van der Waals surface area contributed by atoms with Gasteiger partial charge in [-0.1, -0.05) is 28.1 Å². The normalized spacial score (nSPS) is 12.3. The average Bonchev–Trinajstić information content (AvgIpc) is 2.92. The molecule has 22 heavy (non-hydrogen) atoms. The molecule has 3 rings (SSSR count). The topological polar surface area (TPSA) is 59.4 Å². The molecule has 1 unspecified atom stereocenters. The van der Waals surface area contributed by atoms with E-state index in [4.69, 9.17) is 9.84 Å². The Kier molecular flexibility index (Phi) is 4.13. The van der Waals surface area contributed by atoms with Crippen molar-refractivity contribution in [3.63, 3.8) is 0 Å². The molecule has 0 spiro atoms. The van der Waals surface area contributed by atoms with Crippen LogP contribution in [-0.2, 0) is 4.79 Å². The highest BCUT2D eigenvalue weighted by Gasteiger charge is 2.17. The van der Waals surface area contributed by atoms with Gasteiger partial charge in [-0.2, -0.15) is 0 Å². The highest BCUT2D eigenvalue weighted by atomic mass is 79.9. The number of aromatic nitrogens is 1. The van der Waals surface area contributed by atoms with Crippen LogP contribution >= 0.6 is 27.3 Å². The maximum Gasteiger partial charge on any atom is 0.344 e. The Labute approximate surface area is 139 Å². The average molecular weight is 378 g/mol. The van der Waals surface area contributed by atoms with Gasteiger partial charge < -0.3 is 9.84 Å². The molecule has 1 heterocycles. The van der Waals surface area contributed by atoms with E-state index in [1.807, 2.05) is 36.4 Å². The summed E-state index contributed by atoms with van der Waals surface area (Å²) in [5.41, 5.74) is 1.70. The van der Waals surface area contributed by atoms with Crippen LogP contribution in [0.2, 0.25) is 0 Å². The van der Waals surface area contributed by atoms with Gasteiger partial charge in [0.25, 0.3) is 0 Å². The van der Waals surface area contributed by atoms with Gasteiger partial charge in [0.2, 0.25) is 0 Å². The third-order valence-electron chi connectivity index (χ3n) is 3.12. The highest BCUT2D eigenvalue weighted by molar-refractivity contribution is 9.10. The van der Waals surface area contributed by atoms with Gasteiger partial charge in [0.1, 0.15) is 10.8 Å². The molecule has 0 amide bonds. The molecule has 3 aromatic rings. The Balaban J connectivity index is 2.08. The largest absolute Gasteiger partial charge is 0.479 e. The van der Waals surface area contributed by atoms with Gasteiger partial charge in [0, 0.05) is 4.47 Å². The van der Waals surface area contributed by atoms with Gasteiger partial charge in [-0.3, -0.25) is 0 Å². The van der Waals surface area contributed by atoms with Gasteiger partial charge in [-0.25, -0.2) is 9.78 Å². The Morgan fingerprint density at radius 3 is 2.82 bits per heavy atom. The van der Waals surface area contributed by atoms with E-state index < -0.39 is 12.1 Å². The predicted octanol–water partition coefficient (Wildman–Crippen LogP) is 4.58. The second kappa shape index (κ2) is 6.06. The fourth-order valence-electron chi connectivity index (χ4n) is 2.00. The predicted molar refractivity (Wildman–Crippen MR) is 90.5 cm³/mol. The molecule has 1 atom stereocenters. The first-order valence-corrected chi connectivity index (χ1v) is 8.20.